The molecular formula is C20H23ClN2O2. The van der Waals surface area contributed by atoms with E-state index in [9.17, 15) is 4.79 Å². The van der Waals surface area contributed by atoms with Crippen molar-refractivity contribution in [3.05, 3.63) is 70.2 Å². The van der Waals surface area contributed by atoms with Gasteiger partial charge >= 0.3 is 5.97 Å². The highest BCUT2D eigenvalue weighted by Crippen LogP contribution is 2.15. The normalized spacial score (nSPS) is 15.9. The summed E-state index contributed by atoms with van der Waals surface area (Å²) >= 11 is 6.06. The molecule has 0 atom stereocenters. The van der Waals surface area contributed by atoms with Gasteiger partial charge in [-0.15, -0.1) is 0 Å². The largest absolute Gasteiger partial charge is 0.465 e. The Bertz CT molecular complexity index is 710. The Kier molecular flexibility index (Phi) is 6.08. The fourth-order valence-corrected chi connectivity index (χ4v) is 3.33. The molecule has 0 bridgehead atoms. The summed E-state index contributed by atoms with van der Waals surface area (Å²) in [6.07, 6.45) is 0. The van der Waals surface area contributed by atoms with Crippen LogP contribution in [0.3, 0.4) is 0 Å². The molecule has 2 aromatic rings. The fourth-order valence-electron chi connectivity index (χ4n) is 3.12. The summed E-state index contributed by atoms with van der Waals surface area (Å²) in [6, 6.07) is 15.8. The summed E-state index contributed by atoms with van der Waals surface area (Å²) < 4.78 is 4.73. The van der Waals surface area contributed by atoms with Crippen LogP contribution >= 0.6 is 11.6 Å². The van der Waals surface area contributed by atoms with Gasteiger partial charge in [-0.05, 0) is 35.4 Å². The first-order valence-electron chi connectivity index (χ1n) is 8.50. The molecule has 1 aliphatic rings. The van der Waals surface area contributed by atoms with E-state index in [1.807, 2.05) is 42.5 Å². The minimum Gasteiger partial charge on any atom is -0.465 e. The second-order valence-corrected chi connectivity index (χ2v) is 6.81. The Labute approximate surface area is 154 Å². The number of piperazine rings is 1. The van der Waals surface area contributed by atoms with E-state index in [2.05, 4.69) is 15.9 Å². The molecule has 0 saturated carbocycles. The molecule has 0 N–H and O–H groups in total. The van der Waals surface area contributed by atoms with Crippen molar-refractivity contribution in [2.75, 3.05) is 33.3 Å². The highest BCUT2D eigenvalue weighted by Gasteiger charge is 2.17. The van der Waals surface area contributed by atoms with Crippen LogP contribution in [0, 0.1) is 0 Å². The van der Waals surface area contributed by atoms with Crippen LogP contribution in [0.2, 0.25) is 5.02 Å². The summed E-state index contributed by atoms with van der Waals surface area (Å²) in [6.45, 7) is 6.03. The average molecular weight is 359 g/mol. The van der Waals surface area contributed by atoms with Gasteiger partial charge in [0.25, 0.3) is 0 Å². The van der Waals surface area contributed by atoms with Gasteiger partial charge in [-0.3, -0.25) is 9.80 Å². The Hall–Kier alpha value is -1.88. The van der Waals surface area contributed by atoms with E-state index in [0.717, 1.165) is 44.3 Å². The third-order valence-electron chi connectivity index (χ3n) is 4.54. The van der Waals surface area contributed by atoms with Gasteiger partial charge in [0, 0.05) is 44.3 Å². The van der Waals surface area contributed by atoms with Crippen molar-refractivity contribution >= 4 is 17.6 Å². The van der Waals surface area contributed by atoms with Gasteiger partial charge in [0.1, 0.15) is 0 Å². The van der Waals surface area contributed by atoms with E-state index in [4.69, 9.17) is 16.3 Å². The smallest absolute Gasteiger partial charge is 0.337 e. The highest BCUT2D eigenvalue weighted by molar-refractivity contribution is 6.30. The molecule has 4 nitrogen and oxygen atoms in total. The summed E-state index contributed by atoms with van der Waals surface area (Å²) in [5.74, 6) is -0.291. The van der Waals surface area contributed by atoms with Crippen molar-refractivity contribution in [2.24, 2.45) is 0 Å². The zero-order valence-electron chi connectivity index (χ0n) is 14.5. The maximum absolute atomic E-state index is 11.5. The standard InChI is InChI=1S/C20H23ClN2O2/c1-25-20(24)18-7-5-16(6-8-18)14-22-9-11-23(12-10-22)15-17-3-2-4-19(21)13-17/h2-8,13H,9-12,14-15H2,1H3. The first-order valence-corrected chi connectivity index (χ1v) is 8.88. The molecule has 1 fully saturated rings. The minimum atomic E-state index is -0.291. The third-order valence-corrected chi connectivity index (χ3v) is 4.78. The average Bonchev–Trinajstić information content (AvgIpc) is 2.63. The van der Waals surface area contributed by atoms with Gasteiger partial charge in [0.15, 0.2) is 0 Å². The predicted octanol–water partition coefficient (Wildman–Crippen LogP) is 3.44. The van der Waals surface area contributed by atoms with Crippen molar-refractivity contribution in [1.82, 2.24) is 9.80 Å². The number of esters is 1. The topological polar surface area (TPSA) is 32.8 Å². The van der Waals surface area contributed by atoms with E-state index in [-0.39, 0.29) is 5.97 Å². The van der Waals surface area contributed by atoms with Crippen molar-refractivity contribution in [3.63, 3.8) is 0 Å². The van der Waals surface area contributed by atoms with E-state index in [0.29, 0.717) is 5.56 Å². The van der Waals surface area contributed by atoms with E-state index in [1.54, 1.807) is 0 Å². The van der Waals surface area contributed by atoms with Crippen LogP contribution < -0.4 is 0 Å². The maximum Gasteiger partial charge on any atom is 0.337 e. The van der Waals surface area contributed by atoms with Crippen molar-refractivity contribution in [1.29, 1.82) is 0 Å². The number of ether oxygens (including phenoxy) is 1. The second kappa shape index (κ2) is 8.48. The Morgan fingerprint density at radius 1 is 0.960 bits per heavy atom. The first-order chi connectivity index (χ1) is 12.1. The number of halogens is 1. The SMILES string of the molecule is COC(=O)c1ccc(CN2CCN(Cc3cccc(Cl)c3)CC2)cc1. The zero-order chi connectivity index (χ0) is 17.6. The number of carbonyl (C=O) groups is 1. The lowest BCUT2D eigenvalue weighted by Gasteiger charge is -2.34. The van der Waals surface area contributed by atoms with Crippen LogP contribution in [0.4, 0.5) is 0 Å². The van der Waals surface area contributed by atoms with Crippen LogP contribution in [0.1, 0.15) is 21.5 Å². The molecule has 25 heavy (non-hydrogen) atoms. The van der Waals surface area contributed by atoms with E-state index < -0.39 is 0 Å². The van der Waals surface area contributed by atoms with Gasteiger partial charge in [-0.2, -0.15) is 0 Å². The summed E-state index contributed by atoms with van der Waals surface area (Å²) in [7, 11) is 1.40. The molecule has 3 rings (SSSR count). The Morgan fingerprint density at radius 2 is 1.56 bits per heavy atom. The summed E-state index contributed by atoms with van der Waals surface area (Å²) in [5, 5.41) is 0.798. The van der Waals surface area contributed by atoms with E-state index >= 15 is 0 Å². The number of hydrogen-bond donors (Lipinski definition) is 0. The number of nitrogens with zero attached hydrogens (tertiary/aromatic N) is 2. The lowest BCUT2D eigenvalue weighted by atomic mass is 10.1. The molecule has 0 radical (unpaired) electrons. The maximum atomic E-state index is 11.5. The minimum absolute atomic E-state index is 0.291. The highest BCUT2D eigenvalue weighted by atomic mass is 35.5. The molecule has 0 amide bonds. The molecule has 132 valence electrons. The number of rotatable bonds is 5. The van der Waals surface area contributed by atoms with Crippen LogP contribution in [0.5, 0.6) is 0 Å². The monoisotopic (exact) mass is 358 g/mol. The van der Waals surface area contributed by atoms with Crippen molar-refractivity contribution < 1.29 is 9.53 Å². The number of benzene rings is 2. The van der Waals surface area contributed by atoms with Gasteiger partial charge in [0.2, 0.25) is 0 Å². The Morgan fingerprint density at radius 3 is 2.12 bits per heavy atom. The van der Waals surface area contributed by atoms with Crippen molar-refractivity contribution in [3.8, 4) is 0 Å². The molecule has 0 unspecified atom stereocenters. The summed E-state index contributed by atoms with van der Waals surface area (Å²) in [4.78, 5) is 16.4. The first kappa shape index (κ1) is 17.9. The lowest BCUT2D eigenvalue weighted by molar-refractivity contribution is 0.0600. The number of methoxy groups -OCH3 is 1. The van der Waals surface area contributed by atoms with Gasteiger partial charge in [-0.1, -0.05) is 35.9 Å². The molecule has 2 aromatic carbocycles. The van der Waals surface area contributed by atoms with Crippen LogP contribution in [-0.2, 0) is 17.8 Å². The molecule has 0 spiro atoms. The molecule has 5 heteroatoms. The quantitative estimate of drug-likeness (QED) is 0.766. The Balaban J connectivity index is 1.48. The molecular weight excluding hydrogens is 336 g/mol. The van der Waals surface area contributed by atoms with Gasteiger partial charge in [-0.25, -0.2) is 4.79 Å². The molecule has 0 aliphatic carbocycles. The molecule has 1 saturated heterocycles. The van der Waals surface area contributed by atoms with Gasteiger partial charge < -0.3 is 4.74 Å². The van der Waals surface area contributed by atoms with Crippen LogP contribution in [-0.4, -0.2) is 49.1 Å². The van der Waals surface area contributed by atoms with Crippen LogP contribution in [0.25, 0.3) is 0 Å². The molecule has 1 heterocycles. The number of carbonyl (C=O) groups excluding carboxylic acids is 1. The van der Waals surface area contributed by atoms with Crippen LogP contribution in [0.15, 0.2) is 48.5 Å². The van der Waals surface area contributed by atoms with Crippen molar-refractivity contribution in [2.45, 2.75) is 13.1 Å². The summed E-state index contributed by atoms with van der Waals surface area (Å²) in [5.41, 5.74) is 3.08. The second-order valence-electron chi connectivity index (χ2n) is 6.37. The van der Waals surface area contributed by atoms with E-state index in [1.165, 1.54) is 18.2 Å². The predicted molar refractivity (Wildman–Crippen MR) is 99.8 cm³/mol. The third kappa shape index (κ3) is 5.05. The lowest BCUT2D eigenvalue weighted by Crippen LogP contribution is -2.45. The number of hydrogen-bond acceptors (Lipinski definition) is 4. The fraction of sp³-hybridized carbons (Fsp3) is 0.350. The molecule has 0 aromatic heterocycles. The van der Waals surface area contributed by atoms with Gasteiger partial charge in [0.05, 0.1) is 12.7 Å². The zero-order valence-corrected chi connectivity index (χ0v) is 15.2. The molecule has 1 aliphatic heterocycles.